The van der Waals surface area contributed by atoms with Crippen molar-refractivity contribution in [1.82, 2.24) is 0 Å². The van der Waals surface area contributed by atoms with Gasteiger partial charge in [-0.05, 0) is 25.5 Å². The van der Waals surface area contributed by atoms with Crippen LogP contribution in [-0.4, -0.2) is 11.9 Å². The maximum Gasteiger partial charge on any atom is 0.122 e. The summed E-state index contributed by atoms with van der Waals surface area (Å²) in [7, 11) is 0. The minimum atomic E-state index is 0.116. The minimum Gasteiger partial charge on any atom is -0.384 e. The van der Waals surface area contributed by atoms with E-state index in [1.54, 1.807) is 0 Å². The van der Waals surface area contributed by atoms with Crippen molar-refractivity contribution < 1.29 is 0 Å². The van der Waals surface area contributed by atoms with Gasteiger partial charge in [0.15, 0.2) is 0 Å². The summed E-state index contributed by atoms with van der Waals surface area (Å²) in [4.78, 5) is 0. The number of nitrogen functional groups attached to an aromatic ring is 1. The molecule has 1 aromatic carbocycles. The van der Waals surface area contributed by atoms with E-state index in [2.05, 4.69) is 19.2 Å². The lowest BCUT2D eigenvalue weighted by molar-refractivity contribution is 0.645. The Hall–Kier alpha value is -1.51. The van der Waals surface area contributed by atoms with Gasteiger partial charge in [-0.2, -0.15) is 0 Å². The van der Waals surface area contributed by atoms with E-state index in [0.717, 1.165) is 11.3 Å². The molecule has 88 valence electrons. The van der Waals surface area contributed by atoms with E-state index in [-0.39, 0.29) is 5.84 Å². The zero-order valence-corrected chi connectivity index (χ0v) is 10.1. The molecule has 1 aromatic rings. The summed E-state index contributed by atoms with van der Waals surface area (Å²) in [6.45, 7) is 4.37. The molecule has 0 spiro atoms. The zero-order chi connectivity index (χ0) is 12.0. The summed E-state index contributed by atoms with van der Waals surface area (Å²) in [6.07, 6.45) is 3.63. The molecule has 3 heteroatoms. The van der Waals surface area contributed by atoms with Crippen LogP contribution in [0.25, 0.3) is 0 Å². The van der Waals surface area contributed by atoms with Crippen LogP contribution in [0.3, 0.4) is 0 Å². The normalized spacial score (nSPS) is 12.1. The van der Waals surface area contributed by atoms with Gasteiger partial charge in [0.2, 0.25) is 0 Å². The first-order chi connectivity index (χ1) is 7.63. The largest absolute Gasteiger partial charge is 0.384 e. The van der Waals surface area contributed by atoms with Crippen LogP contribution in [0.4, 0.5) is 5.69 Å². The maximum absolute atomic E-state index is 7.38. The lowest BCUT2D eigenvalue weighted by Crippen LogP contribution is -2.16. The molecule has 3 nitrogen and oxygen atoms in total. The molecule has 1 rings (SSSR count). The molecule has 0 fully saturated rings. The Morgan fingerprint density at radius 1 is 1.50 bits per heavy atom. The number of hydrogen-bond acceptors (Lipinski definition) is 2. The first-order valence-electron chi connectivity index (χ1n) is 5.84. The Balaban J connectivity index is 2.59. The quantitative estimate of drug-likeness (QED) is 0.509. The van der Waals surface area contributed by atoms with Crippen molar-refractivity contribution >= 4 is 11.5 Å². The first-order valence-corrected chi connectivity index (χ1v) is 5.84. The number of unbranched alkanes of at least 4 members (excludes halogenated alkanes) is 1. The predicted octanol–water partition coefficient (Wildman–Crippen LogP) is 2.96. The van der Waals surface area contributed by atoms with Gasteiger partial charge in [0.1, 0.15) is 5.84 Å². The fourth-order valence-electron chi connectivity index (χ4n) is 1.64. The maximum atomic E-state index is 7.38. The van der Waals surface area contributed by atoms with Crippen molar-refractivity contribution in [1.29, 1.82) is 5.41 Å². The highest BCUT2D eigenvalue weighted by Crippen LogP contribution is 2.13. The topological polar surface area (TPSA) is 61.9 Å². The van der Waals surface area contributed by atoms with Crippen LogP contribution in [0.1, 0.15) is 38.7 Å². The van der Waals surface area contributed by atoms with Gasteiger partial charge in [0.05, 0.1) is 0 Å². The molecule has 0 aromatic heterocycles. The molecule has 0 bridgehead atoms. The highest BCUT2D eigenvalue weighted by Gasteiger charge is 2.02. The van der Waals surface area contributed by atoms with E-state index in [4.69, 9.17) is 11.1 Å². The summed E-state index contributed by atoms with van der Waals surface area (Å²) in [5.74, 6) is 0.116. The SMILES string of the molecule is CCCC[C@H](C)Nc1cccc(C(=N)N)c1. The lowest BCUT2D eigenvalue weighted by Gasteiger charge is -2.15. The Kier molecular flexibility index (Phi) is 4.83. The fraction of sp³-hybridized carbons (Fsp3) is 0.462. The van der Waals surface area contributed by atoms with E-state index in [1.165, 1.54) is 19.3 Å². The molecule has 1 atom stereocenters. The summed E-state index contributed by atoms with van der Waals surface area (Å²) < 4.78 is 0. The molecule has 0 aliphatic rings. The Labute approximate surface area is 97.6 Å². The third-order valence-corrected chi connectivity index (χ3v) is 2.58. The van der Waals surface area contributed by atoms with Gasteiger partial charge in [0.25, 0.3) is 0 Å². The van der Waals surface area contributed by atoms with Crippen molar-refractivity contribution in [3.8, 4) is 0 Å². The second-order valence-corrected chi connectivity index (χ2v) is 4.18. The standard InChI is InChI=1S/C13H21N3/c1-3-4-6-10(2)16-12-8-5-7-11(9-12)13(14)15/h5,7-10,16H,3-4,6H2,1-2H3,(H3,14,15)/t10-/m0/s1. The fourth-order valence-corrected chi connectivity index (χ4v) is 1.64. The van der Waals surface area contributed by atoms with Crippen LogP contribution in [0, 0.1) is 5.41 Å². The Morgan fingerprint density at radius 2 is 2.25 bits per heavy atom. The summed E-state index contributed by atoms with van der Waals surface area (Å²) in [5, 5.41) is 10.8. The number of anilines is 1. The summed E-state index contributed by atoms with van der Waals surface area (Å²) in [5.41, 5.74) is 7.26. The van der Waals surface area contributed by atoms with Crippen LogP contribution in [0.15, 0.2) is 24.3 Å². The summed E-state index contributed by atoms with van der Waals surface area (Å²) >= 11 is 0. The molecule has 0 unspecified atom stereocenters. The minimum absolute atomic E-state index is 0.116. The highest BCUT2D eigenvalue weighted by molar-refractivity contribution is 5.95. The number of rotatable bonds is 6. The summed E-state index contributed by atoms with van der Waals surface area (Å²) in [6, 6.07) is 8.16. The first kappa shape index (κ1) is 12.6. The molecule has 0 saturated carbocycles. The van der Waals surface area contributed by atoms with Crippen molar-refractivity contribution in [2.45, 2.75) is 39.2 Å². The Morgan fingerprint density at radius 3 is 2.88 bits per heavy atom. The van der Waals surface area contributed by atoms with Gasteiger partial charge in [-0.25, -0.2) is 0 Å². The van der Waals surface area contributed by atoms with Crippen LogP contribution in [-0.2, 0) is 0 Å². The molecule has 16 heavy (non-hydrogen) atoms. The van der Waals surface area contributed by atoms with Gasteiger partial charge in [0, 0.05) is 17.3 Å². The van der Waals surface area contributed by atoms with E-state index in [0.29, 0.717) is 6.04 Å². The molecule has 0 saturated heterocycles. The van der Waals surface area contributed by atoms with Crippen molar-refractivity contribution in [2.75, 3.05) is 5.32 Å². The molecule has 0 amide bonds. The molecule has 4 N–H and O–H groups in total. The van der Waals surface area contributed by atoms with Gasteiger partial charge in [-0.1, -0.05) is 31.9 Å². The number of benzene rings is 1. The van der Waals surface area contributed by atoms with Gasteiger partial charge >= 0.3 is 0 Å². The second-order valence-electron chi connectivity index (χ2n) is 4.18. The molecular weight excluding hydrogens is 198 g/mol. The molecule has 0 heterocycles. The van der Waals surface area contributed by atoms with E-state index < -0.39 is 0 Å². The third-order valence-electron chi connectivity index (χ3n) is 2.58. The molecule has 0 aliphatic carbocycles. The second kappa shape index (κ2) is 6.16. The molecular formula is C13H21N3. The highest BCUT2D eigenvalue weighted by atomic mass is 14.9. The average Bonchev–Trinajstić information content (AvgIpc) is 2.26. The van der Waals surface area contributed by atoms with E-state index in [1.807, 2.05) is 24.3 Å². The number of nitrogens with two attached hydrogens (primary N) is 1. The van der Waals surface area contributed by atoms with Crippen molar-refractivity contribution in [2.24, 2.45) is 5.73 Å². The Bertz CT molecular complexity index is 347. The van der Waals surface area contributed by atoms with Crippen molar-refractivity contribution in [3.63, 3.8) is 0 Å². The van der Waals surface area contributed by atoms with E-state index in [9.17, 15) is 0 Å². The van der Waals surface area contributed by atoms with Gasteiger partial charge < -0.3 is 11.1 Å². The van der Waals surface area contributed by atoms with Crippen LogP contribution < -0.4 is 11.1 Å². The predicted molar refractivity (Wildman–Crippen MR) is 70.1 cm³/mol. The number of amidine groups is 1. The average molecular weight is 219 g/mol. The number of hydrogen-bond donors (Lipinski definition) is 3. The monoisotopic (exact) mass is 219 g/mol. The number of nitrogens with one attached hydrogen (secondary N) is 2. The van der Waals surface area contributed by atoms with Crippen LogP contribution in [0.2, 0.25) is 0 Å². The van der Waals surface area contributed by atoms with Crippen molar-refractivity contribution in [3.05, 3.63) is 29.8 Å². The van der Waals surface area contributed by atoms with Crippen LogP contribution >= 0.6 is 0 Å². The zero-order valence-electron chi connectivity index (χ0n) is 10.1. The smallest absolute Gasteiger partial charge is 0.122 e. The van der Waals surface area contributed by atoms with Gasteiger partial charge in [-0.15, -0.1) is 0 Å². The van der Waals surface area contributed by atoms with Gasteiger partial charge in [-0.3, -0.25) is 5.41 Å². The molecule has 0 aliphatic heterocycles. The van der Waals surface area contributed by atoms with E-state index >= 15 is 0 Å². The molecule has 0 radical (unpaired) electrons. The third kappa shape index (κ3) is 3.93. The van der Waals surface area contributed by atoms with Crippen LogP contribution in [0.5, 0.6) is 0 Å². The lowest BCUT2D eigenvalue weighted by atomic mass is 10.1.